The van der Waals surface area contributed by atoms with E-state index < -0.39 is 0 Å². The lowest BCUT2D eigenvalue weighted by atomic mass is 10.3. The van der Waals surface area contributed by atoms with Crippen LogP contribution in [0, 0.1) is 11.3 Å². The maximum absolute atomic E-state index is 8.66. The number of unbranched alkanes of at least 4 members (excludes halogenated alkanes) is 1. The molecular formula is C14H20N4. The Morgan fingerprint density at radius 3 is 2.78 bits per heavy atom. The lowest BCUT2D eigenvalue weighted by Gasteiger charge is -2.14. The van der Waals surface area contributed by atoms with E-state index in [1.807, 2.05) is 6.07 Å². The minimum absolute atomic E-state index is 0.606. The van der Waals surface area contributed by atoms with Gasteiger partial charge < -0.3 is 10.2 Å². The Morgan fingerprint density at radius 1 is 1.28 bits per heavy atom. The van der Waals surface area contributed by atoms with Crippen molar-refractivity contribution in [2.24, 2.45) is 0 Å². The summed E-state index contributed by atoms with van der Waals surface area (Å²) >= 11 is 0. The van der Waals surface area contributed by atoms with Crippen LogP contribution in [0.15, 0.2) is 18.3 Å². The number of nitrogens with zero attached hydrogens (tertiary/aromatic N) is 3. The van der Waals surface area contributed by atoms with Crippen LogP contribution in [-0.4, -0.2) is 36.1 Å². The number of likely N-dealkylation sites (tertiary alicyclic amines) is 1. The second-order valence-electron chi connectivity index (χ2n) is 4.73. The van der Waals surface area contributed by atoms with Gasteiger partial charge in [0.2, 0.25) is 0 Å². The summed E-state index contributed by atoms with van der Waals surface area (Å²) < 4.78 is 0. The zero-order valence-electron chi connectivity index (χ0n) is 10.7. The van der Waals surface area contributed by atoms with Crippen LogP contribution < -0.4 is 5.32 Å². The van der Waals surface area contributed by atoms with Crippen LogP contribution in [0.2, 0.25) is 0 Å². The van der Waals surface area contributed by atoms with Gasteiger partial charge in [-0.3, -0.25) is 0 Å². The van der Waals surface area contributed by atoms with E-state index in [-0.39, 0.29) is 0 Å². The van der Waals surface area contributed by atoms with Gasteiger partial charge in [-0.1, -0.05) is 0 Å². The normalized spacial score (nSPS) is 15.5. The Labute approximate surface area is 109 Å². The molecule has 1 aromatic rings. The van der Waals surface area contributed by atoms with E-state index in [9.17, 15) is 0 Å². The summed E-state index contributed by atoms with van der Waals surface area (Å²) in [5.74, 6) is 0.857. The molecule has 0 amide bonds. The molecule has 0 saturated carbocycles. The molecule has 0 radical (unpaired) electrons. The SMILES string of the molecule is N#Cc1ccc(NCCCCN2CCCC2)nc1. The van der Waals surface area contributed by atoms with Crippen molar-refractivity contribution in [3.63, 3.8) is 0 Å². The highest BCUT2D eigenvalue weighted by atomic mass is 15.1. The predicted molar refractivity (Wildman–Crippen MR) is 72.3 cm³/mol. The molecular weight excluding hydrogens is 224 g/mol. The first-order chi connectivity index (χ1) is 8.88. The first-order valence-electron chi connectivity index (χ1n) is 6.71. The molecule has 0 unspecified atom stereocenters. The van der Waals surface area contributed by atoms with Crippen LogP contribution in [0.1, 0.15) is 31.2 Å². The molecule has 0 atom stereocenters. The minimum Gasteiger partial charge on any atom is -0.370 e. The summed E-state index contributed by atoms with van der Waals surface area (Å²) in [6.07, 6.45) is 6.74. The Balaban J connectivity index is 1.58. The van der Waals surface area contributed by atoms with Crippen LogP contribution in [0.5, 0.6) is 0 Å². The first-order valence-corrected chi connectivity index (χ1v) is 6.71. The lowest BCUT2D eigenvalue weighted by molar-refractivity contribution is 0.331. The van der Waals surface area contributed by atoms with E-state index in [1.165, 1.54) is 38.9 Å². The highest BCUT2D eigenvalue weighted by Gasteiger charge is 2.09. The summed E-state index contributed by atoms with van der Waals surface area (Å²) in [5.41, 5.74) is 0.606. The van der Waals surface area contributed by atoms with Crippen LogP contribution in [0.25, 0.3) is 0 Å². The third kappa shape index (κ3) is 4.01. The molecule has 4 heteroatoms. The van der Waals surface area contributed by atoms with Gasteiger partial charge in [0.25, 0.3) is 0 Å². The molecule has 1 fully saturated rings. The number of hydrogen-bond donors (Lipinski definition) is 1. The molecule has 1 aliphatic heterocycles. The molecule has 96 valence electrons. The lowest BCUT2D eigenvalue weighted by Crippen LogP contribution is -2.20. The molecule has 18 heavy (non-hydrogen) atoms. The Hall–Kier alpha value is -1.60. The van der Waals surface area contributed by atoms with E-state index in [0.29, 0.717) is 5.56 Å². The number of pyridine rings is 1. The second kappa shape index (κ2) is 6.97. The van der Waals surface area contributed by atoms with Gasteiger partial charge in [0.05, 0.1) is 5.56 Å². The minimum atomic E-state index is 0.606. The van der Waals surface area contributed by atoms with Crippen molar-refractivity contribution in [3.8, 4) is 6.07 Å². The molecule has 1 aliphatic rings. The van der Waals surface area contributed by atoms with Gasteiger partial charge in [0.15, 0.2) is 0 Å². The number of hydrogen-bond acceptors (Lipinski definition) is 4. The van der Waals surface area contributed by atoms with Crippen molar-refractivity contribution in [3.05, 3.63) is 23.9 Å². The summed E-state index contributed by atoms with van der Waals surface area (Å²) in [6.45, 7) is 4.74. The smallest absolute Gasteiger partial charge is 0.125 e. The van der Waals surface area contributed by atoms with Crippen LogP contribution >= 0.6 is 0 Å². The van der Waals surface area contributed by atoms with Crippen molar-refractivity contribution in [1.82, 2.24) is 9.88 Å². The summed E-state index contributed by atoms with van der Waals surface area (Å²) in [5, 5.41) is 11.9. The van der Waals surface area contributed by atoms with E-state index in [1.54, 1.807) is 12.3 Å². The van der Waals surface area contributed by atoms with E-state index in [2.05, 4.69) is 21.3 Å². The van der Waals surface area contributed by atoms with Crippen molar-refractivity contribution < 1.29 is 0 Å². The Morgan fingerprint density at radius 2 is 2.11 bits per heavy atom. The summed E-state index contributed by atoms with van der Waals surface area (Å²) in [7, 11) is 0. The first kappa shape index (κ1) is 12.8. The average molecular weight is 244 g/mol. The molecule has 1 saturated heterocycles. The number of anilines is 1. The molecule has 0 aliphatic carbocycles. The predicted octanol–water partition coefficient (Wildman–Crippen LogP) is 2.24. The van der Waals surface area contributed by atoms with Crippen LogP contribution in [0.3, 0.4) is 0 Å². The van der Waals surface area contributed by atoms with Crippen molar-refractivity contribution in [2.75, 3.05) is 31.5 Å². The van der Waals surface area contributed by atoms with Gasteiger partial charge >= 0.3 is 0 Å². The van der Waals surface area contributed by atoms with Gasteiger partial charge in [0, 0.05) is 12.7 Å². The molecule has 0 aromatic carbocycles. The van der Waals surface area contributed by atoms with E-state index in [4.69, 9.17) is 5.26 Å². The quantitative estimate of drug-likeness (QED) is 0.780. The fourth-order valence-electron chi connectivity index (χ4n) is 2.25. The highest BCUT2D eigenvalue weighted by molar-refractivity contribution is 5.38. The standard InChI is InChI=1S/C14H20N4/c15-11-13-5-6-14(17-12-13)16-7-1-2-8-18-9-3-4-10-18/h5-6,12H,1-4,7-10H2,(H,16,17). The van der Waals surface area contributed by atoms with Gasteiger partial charge in [-0.2, -0.15) is 5.26 Å². The zero-order chi connectivity index (χ0) is 12.6. The van der Waals surface area contributed by atoms with Gasteiger partial charge in [-0.05, 0) is 57.5 Å². The van der Waals surface area contributed by atoms with Crippen LogP contribution in [-0.2, 0) is 0 Å². The third-order valence-corrected chi connectivity index (χ3v) is 3.30. The van der Waals surface area contributed by atoms with Crippen molar-refractivity contribution >= 4 is 5.82 Å². The molecule has 4 nitrogen and oxygen atoms in total. The Bertz CT molecular complexity index is 387. The largest absolute Gasteiger partial charge is 0.370 e. The van der Waals surface area contributed by atoms with Crippen molar-refractivity contribution in [2.45, 2.75) is 25.7 Å². The molecule has 2 rings (SSSR count). The van der Waals surface area contributed by atoms with E-state index >= 15 is 0 Å². The molecule has 0 bridgehead atoms. The average Bonchev–Trinajstić information content (AvgIpc) is 2.92. The molecule has 1 aromatic heterocycles. The highest BCUT2D eigenvalue weighted by Crippen LogP contribution is 2.08. The molecule has 0 spiro atoms. The molecule has 1 N–H and O–H groups in total. The van der Waals surface area contributed by atoms with Crippen LogP contribution in [0.4, 0.5) is 5.82 Å². The maximum Gasteiger partial charge on any atom is 0.125 e. The summed E-state index contributed by atoms with van der Waals surface area (Å²) in [4.78, 5) is 6.72. The monoisotopic (exact) mass is 244 g/mol. The second-order valence-corrected chi connectivity index (χ2v) is 4.73. The number of nitrogens with one attached hydrogen (secondary N) is 1. The molecule has 2 heterocycles. The fraction of sp³-hybridized carbons (Fsp3) is 0.571. The number of aromatic nitrogens is 1. The van der Waals surface area contributed by atoms with E-state index in [0.717, 1.165) is 18.8 Å². The third-order valence-electron chi connectivity index (χ3n) is 3.30. The maximum atomic E-state index is 8.66. The topological polar surface area (TPSA) is 52.0 Å². The Kier molecular flexibility index (Phi) is 4.98. The summed E-state index contributed by atoms with van der Waals surface area (Å²) in [6, 6.07) is 5.72. The number of nitriles is 1. The fourth-order valence-corrected chi connectivity index (χ4v) is 2.25. The zero-order valence-corrected chi connectivity index (χ0v) is 10.7. The number of rotatable bonds is 6. The van der Waals surface area contributed by atoms with Crippen molar-refractivity contribution in [1.29, 1.82) is 5.26 Å². The van der Waals surface area contributed by atoms with Gasteiger partial charge in [0.1, 0.15) is 11.9 Å². The van der Waals surface area contributed by atoms with Gasteiger partial charge in [-0.25, -0.2) is 4.98 Å². The van der Waals surface area contributed by atoms with Gasteiger partial charge in [-0.15, -0.1) is 0 Å².